The van der Waals surface area contributed by atoms with Crippen LogP contribution < -0.4 is 0 Å². The molecule has 118 valence electrons. The first kappa shape index (κ1) is 13.9. The number of hydrogen-bond donors (Lipinski definition) is 1. The molecule has 7 nitrogen and oxygen atoms in total. The molecular formula is C16H18N6O. The molecule has 3 aromatic rings. The van der Waals surface area contributed by atoms with Gasteiger partial charge >= 0.3 is 0 Å². The van der Waals surface area contributed by atoms with Gasteiger partial charge < -0.3 is 9.30 Å². The van der Waals surface area contributed by atoms with Crippen molar-refractivity contribution in [2.24, 2.45) is 0 Å². The normalized spacial score (nSPS) is 16.1. The van der Waals surface area contributed by atoms with Crippen molar-refractivity contribution >= 4 is 11.6 Å². The molecule has 1 amide bonds. The minimum atomic E-state index is -0.0377. The number of likely N-dealkylation sites (tertiary alicyclic amines) is 1. The zero-order valence-electron chi connectivity index (χ0n) is 12.9. The van der Waals surface area contributed by atoms with Crippen LogP contribution in [0.3, 0.4) is 0 Å². The fraction of sp³-hybridized carbons (Fsp3) is 0.375. The van der Waals surface area contributed by atoms with Gasteiger partial charge in [0.1, 0.15) is 0 Å². The number of amides is 1. The Balaban J connectivity index is 1.53. The van der Waals surface area contributed by atoms with Crippen LogP contribution in [0.15, 0.2) is 30.9 Å². The zero-order valence-corrected chi connectivity index (χ0v) is 12.9. The topological polar surface area (TPSA) is 79.2 Å². The van der Waals surface area contributed by atoms with E-state index in [-0.39, 0.29) is 5.91 Å². The molecule has 7 heteroatoms. The molecule has 3 aromatic heterocycles. The first-order valence-electron chi connectivity index (χ1n) is 7.81. The Bertz CT molecular complexity index is 830. The Kier molecular flexibility index (Phi) is 3.33. The van der Waals surface area contributed by atoms with Crippen molar-refractivity contribution in [1.29, 1.82) is 0 Å². The van der Waals surface area contributed by atoms with Gasteiger partial charge in [-0.2, -0.15) is 5.10 Å². The van der Waals surface area contributed by atoms with Crippen molar-refractivity contribution in [2.45, 2.75) is 25.7 Å². The molecule has 4 rings (SSSR count). The summed E-state index contributed by atoms with van der Waals surface area (Å²) >= 11 is 0. The number of carbonyl (C=O) groups excluding carboxylic acids is 1. The van der Waals surface area contributed by atoms with Crippen LogP contribution in [0.1, 0.15) is 40.6 Å². The van der Waals surface area contributed by atoms with E-state index in [2.05, 4.69) is 20.2 Å². The van der Waals surface area contributed by atoms with E-state index in [1.807, 2.05) is 34.7 Å². The van der Waals surface area contributed by atoms with E-state index in [0.717, 1.165) is 37.3 Å². The molecule has 0 unspecified atom stereocenters. The Hall–Kier alpha value is -2.70. The summed E-state index contributed by atoms with van der Waals surface area (Å²) in [6.45, 7) is 3.37. The van der Waals surface area contributed by atoms with Crippen LogP contribution in [-0.2, 0) is 0 Å². The zero-order chi connectivity index (χ0) is 15.8. The highest BCUT2D eigenvalue weighted by Crippen LogP contribution is 2.27. The molecular weight excluding hydrogens is 292 g/mol. The Morgan fingerprint density at radius 2 is 2.13 bits per heavy atom. The fourth-order valence-electron chi connectivity index (χ4n) is 3.23. The highest BCUT2D eigenvalue weighted by molar-refractivity contribution is 5.97. The number of H-pyrrole nitrogens is 1. The summed E-state index contributed by atoms with van der Waals surface area (Å²) in [5.41, 5.74) is 3.09. The average Bonchev–Trinajstić information content (AvgIpc) is 3.22. The quantitative estimate of drug-likeness (QED) is 0.782. The van der Waals surface area contributed by atoms with Crippen LogP contribution in [-0.4, -0.2) is 48.5 Å². The molecule has 4 heterocycles. The molecule has 0 spiro atoms. The molecule has 0 radical (unpaired) electrons. The van der Waals surface area contributed by atoms with E-state index in [0.29, 0.717) is 17.3 Å². The van der Waals surface area contributed by atoms with E-state index in [4.69, 9.17) is 0 Å². The second-order valence-electron chi connectivity index (χ2n) is 5.97. The van der Waals surface area contributed by atoms with Crippen molar-refractivity contribution in [2.75, 3.05) is 13.1 Å². The SMILES string of the molecule is Cc1cn2ccnc(C(=O)N3CCC(c4ccn[nH]4)CC3)c2n1. The van der Waals surface area contributed by atoms with E-state index >= 15 is 0 Å². The fourth-order valence-corrected chi connectivity index (χ4v) is 3.23. The molecule has 1 N–H and O–H groups in total. The van der Waals surface area contributed by atoms with Gasteiger partial charge in [-0.3, -0.25) is 9.89 Å². The van der Waals surface area contributed by atoms with Gasteiger partial charge in [-0.15, -0.1) is 0 Å². The van der Waals surface area contributed by atoms with Crippen molar-refractivity contribution < 1.29 is 4.79 Å². The average molecular weight is 310 g/mol. The van der Waals surface area contributed by atoms with Gasteiger partial charge in [-0.05, 0) is 25.8 Å². The predicted molar refractivity (Wildman–Crippen MR) is 84.2 cm³/mol. The van der Waals surface area contributed by atoms with Gasteiger partial charge in [0.15, 0.2) is 11.3 Å². The second kappa shape index (κ2) is 5.49. The lowest BCUT2D eigenvalue weighted by molar-refractivity contribution is 0.0707. The van der Waals surface area contributed by atoms with Crippen LogP contribution >= 0.6 is 0 Å². The van der Waals surface area contributed by atoms with Crippen LogP contribution in [0.4, 0.5) is 0 Å². The third-order valence-corrected chi connectivity index (χ3v) is 4.44. The smallest absolute Gasteiger partial charge is 0.276 e. The lowest BCUT2D eigenvalue weighted by Gasteiger charge is -2.31. The third kappa shape index (κ3) is 2.48. The molecule has 0 saturated carbocycles. The van der Waals surface area contributed by atoms with Crippen LogP contribution in [0.2, 0.25) is 0 Å². The predicted octanol–water partition coefficient (Wildman–Crippen LogP) is 1.78. The van der Waals surface area contributed by atoms with E-state index in [1.165, 1.54) is 0 Å². The number of imidazole rings is 1. The van der Waals surface area contributed by atoms with E-state index < -0.39 is 0 Å². The summed E-state index contributed by atoms with van der Waals surface area (Å²) in [6, 6.07) is 2.01. The maximum atomic E-state index is 12.8. The highest BCUT2D eigenvalue weighted by Gasteiger charge is 2.27. The number of nitrogens with zero attached hydrogens (tertiary/aromatic N) is 5. The first-order chi connectivity index (χ1) is 11.2. The number of nitrogens with one attached hydrogen (secondary N) is 1. The summed E-state index contributed by atoms with van der Waals surface area (Å²) in [5.74, 6) is 0.406. The first-order valence-corrected chi connectivity index (χ1v) is 7.81. The standard InChI is InChI=1S/C16H18N6O/c1-11-10-22-9-6-17-14(15(22)19-11)16(23)21-7-3-12(4-8-21)13-2-5-18-20-13/h2,5-6,9-10,12H,3-4,7-8H2,1H3,(H,18,20). The van der Waals surface area contributed by atoms with Gasteiger partial charge in [0.2, 0.25) is 0 Å². The lowest BCUT2D eigenvalue weighted by atomic mass is 9.93. The van der Waals surface area contributed by atoms with Crippen molar-refractivity contribution in [3.8, 4) is 0 Å². The maximum absolute atomic E-state index is 12.8. The minimum absolute atomic E-state index is 0.0377. The Morgan fingerprint density at radius 1 is 1.30 bits per heavy atom. The third-order valence-electron chi connectivity index (χ3n) is 4.44. The maximum Gasteiger partial charge on any atom is 0.276 e. The summed E-state index contributed by atoms with van der Waals surface area (Å²) in [5, 5.41) is 7.04. The van der Waals surface area contributed by atoms with Crippen molar-refractivity contribution in [3.63, 3.8) is 0 Å². The monoisotopic (exact) mass is 310 g/mol. The molecule has 23 heavy (non-hydrogen) atoms. The van der Waals surface area contributed by atoms with Crippen molar-refractivity contribution in [3.05, 3.63) is 47.9 Å². The molecule has 1 aliphatic rings. The van der Waals surface area contributed by atoms with Gasteiger partial charge in [0, 0.05) is 49.5 Å². The number of piperidine rings is 1. The van der Waals surface area contributed by atoms with E-state index in [1.54, 1.807) is 12.4 Å². The van der Waals surface area contributed by atoms with E-state index in [9.17, 15) is 4.79 Å². The lowest BCUT2D eigenvalue weighted by Crippen LogP contribution is -2.38. The summed E-state index contributed by atoms with van der Waals surface area (Å²) in [7, 11) is 0. The molecule has 0 bridgehead atoms. The molecule has 0 aromatic carbocycles. The van der Waals surface area contributed by atoms with Crippen LogP contribution in [0.5, 0.6) is 0 Å². The molecule has 0 atom stereocenters. The van der Waals surface area contributed by atoms with Crippen molar-refractivity contribution in [1.82, 2.24) is 29.5 Å². The molecule has 0 aliphatic carbocycles. The number of carbonyl (C=O) groups is 1. The number of rotatable bonds is 2. The molecule has 1 fully saturated rings. The highest BCUT2D eigenvalue weighted by atomic mass is 16.2. The number of fused-ring (bicyclic) bond motifs is 1. The summed E-state index contributed by atoms with van der Waals surface area (Å²) < 4.78 is 1.85. The van der Waals surface area contributed by atoms with Gasteiger partial charge in [0.05, 0.1) is 5.69 Å². The number of aromatic nitrogens is 5. The minimum Gasteiger partial charge on any atom is -0.337 e. The Labute approximate surface area is 133 Å². The molecule has 1 aliphatic heterocycles. The largest absolute Gasteiger partial charge is 0.337 e. The second-order valence-corrected chi connectivity index (χ2v) is 5.97. The number of hydrogen-bond acceptors (Lipinski definition) is 4. The van der Waals surface area contributed by atoms with Gasteiger partial charge in [-0.25, -0.2) is 9.97 Å². The number of aryl methyl sites for hydroxylation is 1. The summed E-state index contributed by atoms with van der Waals surface area (Å²) in [6.07, 6.45) is 9.01. The van der Waals surface area contributed by atoms with Gasteiger partial charge in [0.25, 0.3) is 5.91 Å². The Morgan fingerprint density at radius 3 is 2.87 bits per heavy atom. The van der Waals surface area contributed by atoms with Gasteiger partial charge in [-0.1, -0.05) is 0 Å². The summed E-state index contributed by atoms with van der Waals surface area (Å²) in [4.78, 5) is 23.4. The molecule has 1 saturated heterocycles. The number of aromatic amines is 1. The van der Waals surface area contributed by atoms with Crippen LogP contribution in [0, 0.1) is 6.92 Å². The van der Waals surface area contributed by atoms with Crippen LogP contribution in [0.25, 0.3) is 5.65 Å².